The number of allylic oxidation sites excluding steroid dienone is 1. The van der Waals surface area contributed by atoms with Crippen molar-refractivity contribution >= 4 is 40.5 Å². The van der Waals surface area contributed by atoms with Crippen LogP contribution in [0.1, 0.15) is 65.3 Å². The molecule has 14 heteroatoms. The number of carbonyl (C=O) groups excluding carboxylic acids is 3. The maximum atomic E-state index is 13.4. The van der Waals surface area contributed by atoms with Crippen molar-refractivity contribution in [3.8, 4) is 5.75 Å². The highest BCUT2D eigenvalue weighted by Gasteiger charge is 2.28. The summed E-state index contributed by atoms with van der Waals surface area (Å²) in [4.78, 5) is 47.0. The Morgan fingerprint density at radius 2 is 1.73 bits per heavy atom. The normalized spacial score (nSPS) is 17.6. The zero-order chi connectivity index (χ0) is 41.9. The van der Waals surface area contributed by atoms with E-state index in [1.165, 1.54) is 32.5 Å². The first-order valence-corrected chi connectivity index (χ1v) is 20.5. The van der Waals surface area contributed by atoms with Crippen LogP contribution in [0.15, 0.2) is 90.5 Å². The number of ether oxygens (including phenoxy) is 1. The van der Waals surface area contributed by atoms with E-state index in [4.69, 9.17) is 21.9 Å². The summed E-state index contributed by atoms with van der Waals surface area (Å²) in [6.45, 7) is 9.29. The van der Waals surface area contributed by atoms with Gasteiger partial charge in [-0.15, -0.1) is 0 Å². The number of phenolic OH excluding ortho intramolecular Hbond substituents is 1. The summed E-state index contributed by atoms with van der Waals surface area (Å²) in [6.07, 6.45) is 9.15. The lowest BCUT2D eigenvalue weighted by Crippen LogP contribution is -2.41. The lowest BCUT2D eigenvalue weighted by Gasteiger charge is -2.36. The quantitative estimate of drug-likeness (QED) is 0.0883. The summed E-state index contributed by atoms with van der Waals surface area (Å²) >= 11 is 0. The SMILES string of the molecule is CNC(=O)CCN(C=O)c1cccc2[nH]ccc12.Cc1cc(C(=O)N2CCC(CN3CCCC3)CC2)ccc1C1CN(C(/C=C(\N)c2ccccc2O)=C(N)N)CCO1. The number of fused-ring (bicyclic) bond motifs is 1. The van der Waals surface area contributed by atoms with Crippen molar-refractivity contribution < 1.29 is 24.2 Å². The van der Waals surface area contributed by atoms with Gasteiger partial charge in [0.1, 0.15) is 17.7 Å². The Kier molecular flexibility index (Phi) is 14.5. The maximum Gasteiger partial charge on any atom is 0.253 e. The van der Waals surface area contributed by atoms with Crippen LogP contribution < -0.4 is 27.4 Å². The number of benzene rings is 3. The smallest absolute Gasteiger partial charge is 0.253 e. The number of aromatic hydroxyl groups is 1. The van der Waals surface area contributed by atoms with E-state index in [0.29, 0.717) is 49.1 Å². The van der Waals surface area contributed by atoms with Gasteiger partial charge in [0, 0.05) is 86.7 Å². The van der Waals surface area contributed by atoms with Gasteiger partial charge in [0.2, 0.25) is 12.3 Å². The summed E-state index contributed by atoms with van der Waals surface area (Å²) in [5.74, 6) is 0.954. The second kappa shape index (κ2) is 20.1. The largest absolute Gasteiger partial charge is 0.507 e. The van der Waals surface area contributed by atoms with Crippen molar-refractivity contribution in [1.29, 1.82) is 0 Å². The van der Waals surface area contributed by atoms with E-state index < -0.39 is 0 Å². The number of nitrogens with one attached hydrogen (secondary N) is 2. The first kappa shape index (κ1) is 42.6. The number of para-hydroxylation sites is 1. The van der Waals surface area contributed by atoms with E-state index in [2.05, 4.69) is 20.1 Å². The van der Waals surface area contributed by atoms with Crippen LogP contribution in [-0.2, 0) is 14.3 Å². The summed E-state index contributed by atoms with van der Waals surface area (Å²) < 4.78 is 6.16. The third kappa shape index (κ3) is 10.7. The van der Waals surface area contributed by atoms with Crippen LogP contribution in [0, 0.1) is 12.8 Å². The zero-order valence-corrected chi connectivity index (χ0v) is 34.2. The molecule has 0 aliphatic carbocycles. The van der Waals surface area contributed by atoms with E-state index in [0.717, 1.165) is 65.6 Å². The van der Waals surface area contributed by atoms with Gasteiger partial charge in [-0.1, -0.05) is 24.3 Å². The van der Waals surface area contributed by atoms with Gasteiger partial charge in [0.25, 0.3) is 5.91 Å². The number of hydrogen-bond acceptors (Lipinski definition) is 10. The van der Waals surface area contributed by atoms with Crippen LogP contribution >= 0.6 is 0 Å². The number of aromatic amines is 1. The topological polar surface area (TPSA) is 200 Å². The number of piperidine rings is 1. The molecule has 3 saturated heterocycles. The maximum absolute atomic E-state index is 13.4. The minimum atomic E-state index is -0.219. The summed E-state index contributed by atoms with van der Waals surface area (Å²) in [7, 11) is 1.58. The zero-order valence-electron chi connectivity index (χ0n) is 34.2. The second-order valence-electron chi connectivity index (χ2n) is 15.5. The average Bonchev–Trinajstić information content (AvgIpc) is 3.96. The van der Waals surface area contributed by atoms with Crippen LogP contribution in [0.2, 0.25) is 0 Å². The fourth-order valence-corrected chi connectivity index (χ4v) is 8.25. The summed E-state index contributed by atoms with van der Waals surface area (Å²) in [5, 5.41) is 13.7. The molecule has 7 rings (SSSR count). The molecule has 1 unspecified atom stereocenters. The molecule has 3 aliphatic rings. The molecule has 0 bridgehead atoms. The molecule has 4 aromatic rings. The lowest BCUT2D eigenvalue weighted by atomic mass is 9.95. The molecule has 3 aliphatic heterocycles. The highest BCUT2D eigenvalue weighted by atomic mass is 16.5. The second-order valence-corrected chi connectivity index (χ2v) is 15.5. The number of likely N-dealkylation sites (tertiary alicyclic amines) is 2. The number of nitrogens with two attached hydrogens (primary N) is 3. The third-order valence-electron chi connectivity index (χ3n) is 11.6. The van der Waals surface area contributed by atoms with Crippen LogP contribution in [0.25, 0.3) is 16.6 Å². The van der Waals surface area contributed by atoms with Crippen molar-refractivity contribution in [1.82, 2.24) is 25.0 Å². The van der Waals surface area contributed by atoms with Crippen molar-refractivity contribution in [2.24, 2.45) is 23.1 Å². The van der Waals surface area contributed by atoms with Gasteiger partial charge < -0.3 is 56.9 Å². The number of nitrogens with zero attached hydrogens (tertiary/aromatic N) is 4. The highest BCUT2D eigenvalue weighted by molar-refractivity contribution is 5.97. The monoisotopic (exact) mass is 805 g/mol. The van der Waals surface area contributed by atoms with Gasteiger partial charge in [-0.05, 0) is 111 Å². The minimum absolute atomic E-state index is 0.0805. The average molecular weight is 806 g/mol. The molecule has 3 fully saturated rings. The van der Waals surface area contributed by atoms with Crippen molar-refractivity contribution in [3.63, 3.8) is 0 Å². The molecule has 314 valence electrons. The molecular formula is C45H59N9O5. The molecule has 1 atom stereocenters. The summed E-state index contributed by atoms with van der Waals surface area (Å²) in [5.41, 5.74) is 24.5. The van der Waals surface area contributed by atoms with E-state index in [-0.39, 0.29) is 35.9 Å². The molecule has 4 heterocycles. The van der Waals surface area contributed by atoms with E-state index in [1.54, 1.807) is 36.2 Å². The number of morpholine rings is 1. The molecule has 0 radical (unpaired) electrons. The van der Waals surface area contributed by atoms with Crippen LogP contribution in [0.3, 0.4) is 0 Å². The molecule has 14 nitrogen and oxygen atoms in total. The van der Waals surface area contributed by atoms with E-state index in [9.17, 15) is 19.5 Å². The number of H-pyrrole nitrogens is 1. The van der Waals surface area contributed by atoms with Gasteiger partial charge in [-0.25, -0.2) is 0 Å². The van der Waals surface area contributed by atoms with Crippen molar-refractivity contribution in [2.45, 2.75) is 45.1 Å². The Hall–Kier alpha value is -5.99. The van der Waals surface area contributed by atoms with Crippen molar-refractivity contribution in [3.05, 3.63) is 113 Å². The minimum Gasteiger partial charge on any atom is -0.507 e. The Bertz CT molecular complexity index is 2130. The van der Waals surface area contributed by atoms with Gasteiger partial charge in [-0.2, -0.15) is 0 Å². The molecular weight excluding hydrogens is 747 g/mol. The number of anilines is 1. The Morgan fingerprint density at radius 3 is 2.42 bits per heavy atom. The van der Waals surface area contributed by atoms with Gasteiger partial charge in [0.05, 0.1) is 18.0 Å². The number of aromatic nitrogens is 1. The van der Waals surface area contributed by atoms with Crippen LogP contribution in [-0.4, -0.2) is 109 Å². The van der Waals surface area contributed by atoms with Gasteiger partial charge >= 0.3 is 0 Å². The Morgan fingerprint density at radius 1 is 0.966 bits per heavy atom. The molecule has 9 N–H and O–H groups in total. The van der Waals surface area contributed by atoms with E-state index in [1.807, 2.05) is 66.6 Å². The first-order chi connectivity index (χ1) is 28.6. The van der Waals surface area contributed by atoms with E-state index >= 15 is 0 Å². The number of amides is 3. The van der Waals surface area contributed by atoms with Gasteiger partial charge in [-0.3, -0.25) is 14.4 Å². The number of phenols is 1. The number of rotatable bonds is 12. The fourth-order valence-electron chi connectivity index (χ4n) is 8.25. The number of carbonyl (C=O) groups is 3. The van der Waals surface area contributed by atoms with Crippen LogP contribution in [0.5, 0.6) is 5.75 Å². The summed E-state index contributed by atoms with van der Waals surface area (Å²) in [6, 6.07) is 20.4. The number of hydrogen-bond donors (Lipinski definition) is 6. The first-order valence-electron chi connectivity index (χ1n) is 20.5. The molecule has 3 aromatic carbocycles. The molecule has 1 aromatic heterocycles. The van der Waals surface area contributed by atoms with Crippen molar-refractivity contribution in [2.75, 3.05) is 70.9 Å². The lowest BCUT2D eigenvalue weighted by molar-refractivity contribution is -0.120. The standard InChI is InChI=1S/C32H44N6O3.C13H15N3O2/c1-22-18-24(32(40)37-14-10-23(11-15-37)20-36-12-4-5-13-36)8-9-25(22)30-21-38(16-17-41-30)28(31(34)35)19-27(33)26-6-2-3-7-29(26)39;1-14-13(18)6-8-16(9-17)12-4-2-3-11-10(12)5-7-15-11/h2-3,6-9,18-19,23,30,39H,4-5,10-17,20-21,33-35H2,1H3;2-5,7,9,15H,6,8H2,1H3,(H,14,18)/b27-19-;. The predicted molar refractivity (Wildman–Crippen MR) is 232 cm³/mol. The van der Waals surface area contributed by atoms with Gasteiger partial charge in [0.15, 0.2) is 0 Å². The molecule has 3 amide bonds. The molecule has 59 heavy (non-hydrogen) atoms. The Labute approximate surface area is 346 Å². The Balaban J connectivity index is 0.000000271. The third-order valence-corrected chi connectivity index (χ3v) is 11.6. The number of aryl methyl sites for hydroxylation is 1. The fraction of sp³-hybridized carbons (Fsp3) is 0.400. The molecule has 0 saturated carbocycles. The predicted octanol–water partition coefficient (Wildman–Crippen LogP) is 4.38. The van der Waals surface area contributed by atoms with Crippen LogP contribution in [0.4, 0.5) is 5.69 Å². The highest BCUT2D eigenvalue weighted by Crippen LogP contribution is 2.31. The molecule has 0 spiro atoms.